The summed E-state index contributed by atoms with van der Waals surface area (Å²) < 4.78 is 10.9. The lowest BCUT2D eigenvalue weighted by atomic mass is 10.1. The summed E-state index contributed by atoms with van der Waals surface area (Å²) in [7, 11) is 0. The van der Waals surface area contributed by atoms with Crippen molar-refractivity contribution in [1.29, 1.82) is 5.26 Å². The van der Waals surface area contributed by atoms with Crippen LogP contribution in [0.3, 0.4) is 0 Å². The average molecular weight is 314 g/mol. The largest absolute Gasteiger partial charge is 0.504 e. The van der Waals surface area contributed by atoms with Crippen molar-refractivity contribution in [2.75, 3.05) is 6.54 Å². The van der Waals surface area contributed by atoms with Crippen molar-refractivity contribution in [1.82, 2.24) is 4.90 Å². The Morgan fingerprint density at radius 2 is 2.13 bits per heavy atom. The summed E-state index contributed by atoms with van der Waals surface area (Å²) in [6.07, 6.45) is 2.10. The molecule has 2 aromatic rings. The molecule has 122 valence electrons. The Kier molecular flexibility index (Phi) is 6.07. The molecule has 0 saturated heterocycles. The van der Waals surface area contributed by atoms with E-state index in [2.05, 4.69) is 11.0 Å². The number of phenols is 1. The molecule has 5 heteroatoms. The summed E-state index contributed by atoms with van der Waals surface area (Å²) in [5.41, 5.74) is 0.961. The minimum absolute atomic E-state index is 0.0119. The van der Waals surface area contributed by atoms with Crippen LogP contribution >= 0.6 is 0 Å². The van der Waals surface area contributed by atoms with Gasteiger partial charge in [0.2, 0.25) is 0 Å². The molecule has 0 aliphatic rings. The molecule has 23 heavy (non-hydrogen) atoms. The number of hydrogen-bond acceptors (Lipinski definition) is 5. The summed E-state index contributed by atoms with van der Waals surface area (Å²) in [6.45, 7) is 5.72. The fourth-order valence-electron chi connectivity index (χ4n) is 2.32. The van der Waals surface area contributed by atoms with Crippen molar-refractivity contribution in [3.05, 3.63) is 47.9 Å². The molecule has 1 N–H and O–H groups in total. The lowest BCUT2D eigenvalue weighted by Gasteiger charge is -2.20. The highest BCUT2D eigenvalue weighted by molar-refractivity contribution is 5.41. The second-order valence-electron chi connectivity index (χ2n) is 5.67. The molecule has 0 unspecified atom stereocenters. The van der Waals surface area contributed by atoms with Crippen LogP contribution in [0, 0.1) is 11.3 Å². The van der Waals surface area contributed by atoms with Gasteiger partial charge in [0, 0.05) is 19.5 Å². The van der Waals surface area contributed by atoms with Crippen molar-refractivity contribution in [3.63, 3.8) is 0 Å². The Hall–Kier alpha value is -2.45. The SMILES string of the molecule is CC(C)Oc1ccc(CN(CCC#N)Cc2ccco2)cc1O. The van der Waals surface area contributed by atoms with Gasteiger partial charge in [-0.1, -0.05) is 6.07 Å². The third-order valence-corrected chi connectivity index (χ3v) is 3.29. The van der Waals surface area contributed by atoms with Gasteiger partial charge < -0.3 is 14.3 Å². The van der Waals surface area contributed by atoms with Crippen molar-refractivity contribution < 1.29 is 14.3 Å². The van der Waals surface area contributed by atoms with Gasteiger partial charge in [-0.2, -0.15) is 5.26 Å². The van der Waals surface area contributed by atoms with E-state index in [1.165, 1.54) is 0 Å². The van der Waals surface area contributed by atoms with Crippen LogP contribution in [0.15, 0.2) is 41.0 Å². The third kappa shape index (κ3) is 5.35. The van der Waals surface area contributed by atoms with Crippen LogP contribution in [0.1, 0.15) is 31.6 Å². The van der Waals surface area contributed by atoms with E-state index in [9.17, 15) is 5.11 Å². The third-order valence-electron chi connectivity index (χ3n) is 3.29. The molecule has 0 atom stereocenters. The number of phenolic OH excluding ortho intramolecular Hbond substituents is 1. The summed E-state index contributed by atoms with van der Waals surface area (Å²) in [6, 6.07) is 11.3. The first kappa shape index (κ1) is 16.9. The van der Waals surface area contributed by atoms with E-state index in [4.69, 9.17) is 14.4 Å². The Morgan fingerprint density at radius 1 is 1.30 bits per heavy atom. The first-order valence-corrected chi connectivity index (χ1v) is 7.68. The predicted octanol–water partition coefficient (Wildman–Crippen LogP) is 3.69. The van der Waals surface area contributed by atoms with Gasteiger partial charge in [-0.25, -0.2) is 0 Å². The first-order valence-electron chi connectivity index (χ1n) is 7.68. The maximum atomic E-state index is 10.1. The molecule has 0 saturated carbocycles. The molecule has 0 fully saturated rings. The lowest BCUT2D eigenvalue weighted by Crippen LogP contribution is -2.23. The highest BCUT2D eigenvalue weighted by atomic mass is 16.5. The molecule has 1 aromatic heterocycles. The normalized spacial score (nSPS) is 10.9. The molecule has 0 amide bonds. The van der Waals surface area contributed by atoms with Gasteiger partial charge in [0.15, 0.2) is 11.5 Å². The fraction of sp³-hybridized carbons (Fsp3) is 0.389. The minimum Gasteiger partial charge on any atom is -0.504 e. The van der Waals surface area contributed by atoms with Crippen LogP contribution in [-0.2, 0) is 13.1 Å². The maximum absolute atomic E-state index is 10.1. The number of benzene rings is 1. The average Bonchev–Trinajstić information content (AvgIpc) is 3.00. The smallest absolute Gasteiger partial charge is 0.161 e. The number of furan rings is 1. The number of nitriles is 1. The Balaban J connectivity index is 2.06. The van der Waals surface area contributed by atoms with Crippen molar-refractivity contribution in [3.8, 4) is 17.6 Å². The Morgan fingerprint density at radius 3 is 2.74 bits per heavy atom. The fourth-order valence-corrected chi connectivity index (χ4v) is 2.32. The van der Waals surface area contributed by atoms with Crippen LogP contribution in [0.5, 0.6) is 11.5 Å². The van der Waals surface area contributed by atoms with Crippen LogP contribution in [0.25, 0.3) is 0 Å². The van der Waals surface area contributed by atoms with Crippen LogP contribution in [-0.4, -0.2) is 22.7 Å². The van der Waals surface area contributed by atoms with E-state index in [1.807, 2.05) is 32.0 Å². The molecular formula is C18H22N2O3. The van der Waals surface area contributed by atoms with E-state index in [1.54, 1.807) is 18.4 Å². The van der Waals surface area contributed by atoms with Gasteiger partial charge in [0.1, 0.15) is 5.76 Å². The molecule has 5 nitrogen and oxygen atoms in total. The summed E-state index contributed by atoms with van der Waals surface area (Å²) in [5.74, 6) is 1.47. The number of nitrogens with zero attached hydrogens (tertiary/aromatic N) is 2. The zero-order valence-corrected chi connectivity index (χ0v) is 13.5. The second kappa shape index (κ2) is 8.25. The standard InChI is InChI=1S/C18H22N2O3/c1-14(2)23-18-7-6-15(11-17(18)21)12-20(9-4-8-19)13-16-5-3-10-22-16/h3,5-7,10-11,14,21H,4,9,12-13H2,1-2H3. The second-order valence-corrected chi connectivity index (χ2v) is 5.67. The molecule has 0 spiro atoms. The van der Waals surface area contributed by atoms with Crippen LogP contribution < -0.4 is 4.74 Å². The molecule has 0 radical (unpaired) electrons. The van der Waals surface area contributed by atoms with Gasteiger partial charge in [-0.3, -0.25) is 4.90 Å². The van der Waals surface area contributed by atoms with Crippen LogP contribution in [0.4, 0.5) is 0 Å². The number of hydrogen-bond donors (Lipinski definition) is 1. The van der Waals surface area contributed by atoms with Crippen LogP contribution in [0.2, 0.25) is 0 Å². The number of rotatable bonds is 8. The number of aromatic hydroxyl groups is 1. The maximum Gasteiger partial charge on any atom is 0.161 e. The molecule has 0 bridgehead atoms. The summed E-state index contributed by atoms with van der Waals surface area (Å²) in [5, 5.41) is 18.9. The van der Waals surface area contributed by atoms with Gasteiger partial charge in [-0.05, 0) is 43.7 Å². The van der Waals surface area contributed by atoms with E-state index in [-0.39, 0.29) is 11.9 Å². The van der Waals surface area contributed by atoms with E-state index >= 15 is 0 Å². The van der Waals surface area contributed by atoms with Crippen molar-refractivity contribution in [2.24, 2.45) is 0 Å². The molecule has 1 heterocycles. The molecule has 1 aromatic carbocycles. The summed E-state index contributed by atoms with van der Waals surface area (Å²) in [4.78, 5) is 2.11. The van der Waals surface area contributed by atoms with Gasteiger partial charge in [0.05, 0.1) is 25.0 Å². The zero-order valence-electron chi connectivity index (χ0n) is 13.5. The van der Waals surface area contributed by atoms with Crippen molar-refractivity contribution >= 4 is 0 Å². The highest BCUT2D eigenvalue weighted by Crippen LogP contribution is 2.28. The highest BCUT2D eigenvalue weighted by Gasteiger charge is 2.11. The number of ether oxygens (including phenoxy) is 1. The monoisotopic (exact) mass is 314 g/mol. The Labute approximate surface area is 136 Å². The molecule has 0 aliphatic carbocycles. The van der Waals surface area contributed by atoms with E-state index < -0.39 is 0 Å². The molecular weight excluding hydrogens is 292 g/mol. The van der Waals surface area contributed by atoms with Gasteiger partial charge in [0.25, 0.3) is 0 Å². The predicted molar refractivity (Wildman–Crippen MR) is 86.9 cm³/mol. The van der Waals surface area contributed by atoms with Crippen molar-refractivity contribution in [2.45, 2.75) is 39.5 Å². The zero-order chi connectivity index (χ0) is 16.7. The van der Waals surface area contributed by atoms with E-state index in [0.717, 1.165) is 11.3 Å². The topological polar surface area (TPSA) is 69.6 Å². The minimum atomic E-state index is 0.0119. The quantitative estimate of drug-likeness (QED) is 0.804. The first-order chi connectivity index (χ1) is 11.1. The molecule has 0 aliphatic heterocycles. The van der Waals surface area contributed by atoms with E-state index in [0.29, 0.717) is 31.8 Å². The summed E-state index contributed by atoms with van der Waals surface area (Å²) >= 11 is 0. The van der Waals surface area contributed by atoms with Gasteiger partial charge in [-0.15, -0.1) is 0 Å². The molecule has 2 rings (SSSR count). The lowest BCUT2D eigenvalue weighted by molar-refractivity contribution is 0.229. The van der Waals surface area contributed by atoms with Gasteiger partial charge >= 0.3 is 0 Å². The Bertz CT molecular complexity index is 645.